The topological polar surface area (TPSA) is 39.2 Å². The molecule has 0 radical (unpaired) electrons. The molecule has 0 amide bonds. The Morgan fingerprint density at radius 3 is 0.963 bits per heavy atom. The number of furan rings is 2. The van der Waals surface area contributed by atoms with Gasteiger partial charge in [0.05, 0.1) is 34.1 Å². The predicted octanol–water partition coefficient (Wildman–Crippen LogP) is 22.1. The number of rotatable bonds is 8. The molecule has 0 aliphatic carbocycles. The van der Waals surface area contributed by atoms with E-state index in [1.165, 1.54) is 30.7 Å². The van der Waals surface area contributed by atoms with Crippen LogP contribution in [0.1, 0.15) is 11.1 Å². The van der Waals surface area contributed by atoms with Crippen LogP contribution in [0.3, 0.4) is 0 Å². The minimum Gasteiger partial charge on any atom is -0.454 e. The van der Waals surface area contributed by atoms with Crippen LogP contribution in [-0.2, 0) is 0 Å². The number of nitrogens with zero attached hydrogens (tertiary/aromatic N) is 4. The average Bonchev–Trinajstić information content (AvgIpc) is 3.76. The molecule has 380 valence electrons. The first-order valence-electron chi connectivity index (χ1n) is 27.0. The molecule has 2 aromatic heterocycles. The third kappa shape index (κ3) is 7.44. The molecule has 8 heteroatoms. The third-order valence-electron chi connectivity index (χ3n) is 15.7. The van der Waals surface area contributed by atoms with Gasteiger partial charge in [-0.1, -0.05) is 144 Å². The highest BCUT2D eigenvalue weighted by molar-refractivity contribution is 8.00. The first kappa shape index (κ1) is 46.5. The summed E-state index contributed by atoms with van der Waals surface area (Å²) in [6.45, 7) is 4.26. The van der Waals surface area contributed by atoms with Gasteiger partial charge in [-0.05, 0) is 158 Å². The highest BCUT2D eigenvalue weighted by Crippen LogP contribution is 2.58. The van der Waals surface area contributed by atoms with Crippen LogP contribution in [0.15, 0.2) is 283 Å². The molecule has 2 aliphatic heterocycles. The Balaban J connectivity index is 1.04. The maximum Gasteiger partial charge on any atom is 0.160 e. The first-order valence-corrected chi connectivity index (χ1v) is 28.6. The van der Waals surface area contributed by atoms with Gasteiger partial charge in [0.1, 0.15) is 11.2 Å². The van der Waals surface area contributed by atoms with E-state index in [1.807, 2.05) is 0 Å². The Bertz CT molecular complexity index is 4370. The molecule has 0 unspecified atom stereocenters. The fourth-order valence-electron chi connectivity index (χ4n) is 12.0. The molecule has 0 bridgehead atoms. The first-order chi connectivity index (χ1) is 39.5. The van der Waals surface area contributed by atoms with Gasteiger partial charge < -0.3 is 28.4 Å². The van der Waals surface area contributed by atoms with Crippen LogP contribution in [0.25, 0.3) is 54.6 Å². The highest BCUT2D eigenvalue weighted by atomic mass is 32.2. The SMILES string of the molecule is Cc1ccc(N(c2ccccc2)c2ccc3c(c2)oc2c(N4c5ccccc5Sc5ccccc54)cc4c(cc(N5c6ccccc6Sc6ccccc65)c5oc6cc(N(c7ccccc7)c7ccc(C)cc7)ccc6c54)c23)cc1. The van der Waals surface area contributed by atoms with E-state index in [0.717, 1.165) is 123 Å². The van der Waals surface area contributed by atoms with Crippen molar-refractivity contribution in [1.29, 1.82) is 0 Å². The molecule has 0 saturated heterocycles. The van der Waals surface area contributed by atoms with Crippen LogP contribution in [0, 0.1) is 13.8 Å². The Morgan fingerprint density at radius 2 is 0.600 bits per heavy atom. The van der Waals surface area contributed by atoms with Gasteiger partial charge >= 0.3 is 0 Å². The quantitative estimate of drug-likeness (QED) is 0.149. The molecule has 0 fully saturated rings. The maximum atomic E-state index is 7.55. The molecular formula is C72H48N4O2S2. The second-order valence-electron chi connectivity index (χ2n) is 20.6. The summed E-state index contributed by atoms with van der Waals surface area (Å²) in [4.78, 5) is 14.2. The number of aryl methyl sites for hydroxylation is 2. The Kier molecular flexibility index (Phi) is 10.8. The maximum absolute atomic E-state index is 7.55. The van der Waals surface area contributed by atoms with E-state index < -0.39 is 0 Å². The number of fused-ring (bicyclic) bond motifs is 13. The van der Waals surface area contributed by atoms with E-state index >= 15 is 0 Å². The summed E-state index contributed by atoms with van der Waals surface area (Å²) in [6, 6.07) is 91.8. The number of hydrogen-bond acceptors (Lipinski definition) is 8. The van der Waals surface area contributed by atoms with Crippen LogP contribution in [0.2, 0.25) is 0 Å². The largest absolute Gasteiger partial charge is 0.454 e. The second-order valence-corrected chi connectivity index (χ2v) is 22.8. The van der Waals surface area contributed by atoms with Crippen LogP contribution in [0.5, 0.6) is 0 Å². The molecule has 4 heterocycles. The van der Waals surface area contributed by atoms with Crippen LogP contribution in [-0.4, -0.2) is 0 Å². The lowest BCUT2D eigenvalue weighted by molar-refractivity contribution is 0.668. The van der Waals surface area contributed by atoms with Crippen molar-refractivity contribution in [3.8, 4) is 0 Å². The molecule has 16 rings (SSSR count). The Morgan fingerprint density at radius 1 is 0.287 bits per heavy atom. The summed E-state index contributed by atoms with van der Waals surface area (Å²) in [7, 11) is 0. The van der Waals surface area contributed by atoms with Crippen LogP contribution < -0.4 is 19.6 Å². The summed E-state index contributed by atoms with van der Waals surface area (Å²) >= 11 is 3.61. The molecule has 0 atom stereocenters. The zero-order valence-electron chi connectivity index (χ0n) is 43.7. The smallest absolute Gasteiger partial charge is 0.160 e. The molecule has 80 heavy (non-hydrogen) atoms. The third-order valence-corrected chi connectivity index (χ3v) is 17.9. The van der Waals surface area contributed by atoms with Gasteiger partial charge in [0.25, 0.3) is 0 Å². The van der Waals surface area contributed by atoms with E-state index in [-0.39, 0.29) is 0 Å². The van der Waals surface area contributed by atoms with E-state index in [1.54, 1.807) is 23.5 Å². The summed E-state index contributed by atoms with van der Waals surface area (Å²) < 4.78 is 15.1. The lowest BCUT2D eigenvalue weighted by Gasteiger charge is -2.34. The molecule has 12 aromatic carbocycles. The average molecular weight is 1070 g/mol. The van der Waals surface area contributed by atoms with Gasteiger partial charge in [-0.15, -0.1) is 0 Å². The molecule has 14 aromatic rings. The van der Waals surface area contributed by atoms with Crippen molar-refractivity contribution < 1.29 is 8.83 Å². The minimum atomic E-state index is 0.790. The lowest BCUT2D eigenvalue weighted by Crippen LogP contribution is -2.15. The number of benzene rings is 12. The second kappa shape index (κ2) is 18.5. The zero-order chi connectivity index (χ0) is 53.0. The van der Waals surface area contributed by atoms with Crippen LogP contribution in [0.4, 0.5) is 68.2 Å². The van der Waals surface area contributed by atoms with E-state index in [0.29, 0.717) is 0 Å². The van der Waals surface area contributed by atoms with Gasteiger partial charge in [-0.25, -0.2) is 0 Å². The van der Waals surface area contributed by atoms with Crippen molar-refractivity contribution in [1.82, 2.24) is 0 Å². The van der Waals surface area contributed by atoms with Crippen LogP contribution >= 0.6 is 23.5 Å². The summed E-state index contributed by atoms with van der Waals surface area (Å²) in [5.41, 5.74) is 18.1. The number of anilines is 12. The lowest BCUT2D eigenvalue weighted by atomic mass is 9.96. The molecule has 0 spiro atoms. The normalized spacial score (nSPS) is 12.7. The van der Waals surface area contributed by atoms with Crippen molar-refractivity contribution in [2.75, 3.05) is 19.6 Å². The fourth-order valence-corrected chi connectivity index (χ4v) is 14.1. The molecule has 0 N–H and O–H groups in total. The number of para-hydroxylation sites is 6. The van der Waals surface area contributed by atoms with Gasteiger partial charge in [0.15, 0.2) is 11.2 Å². The molecule has 0 saturated carbocycles. The van der Waals surface area contributed by atoms with Crippen molar-refractivity contribution in [3.05, 3.63) is 266 Å². The van der Waals surface area contributed by atoms with E-state index in [4.69, 9.17) is 8.83 Å². The van der Waals surface area contributed by atoms with Crippen molar-refractivity contribution >= 4 is 146 Å². The Hall–Kier alpha value is -9.60. The van der Waals surface area contributed by atoms with Gasteiger partial charge in [-0.3, -0.25) is 0 Å². The van der Waals surface area contributed by atoms with Gasteiger partial charge in [0.2, 0.25) is 0 Å². The van der Waals surface area contributed by atoms with E-state index in [2.05, 4.69) is 288 Å². The summed E-state index contributed by atoms with van der Waals surface area (Å²) in [5.74, 6) is 0. The molecule has 2 aliphatic rings. The highest BCUT2D eigenvalue weighted by Gasteiger charge is 2.33. The van der Waals surface area contributed by atoms with Crippen molar-refractivity contribution in [2.24, 2.45) is 0 Å². The zero-order valence-corrected chi connectivity index (χ0v) is 45.3. The van der Waals surface area contributed by atoms with Crippen molar-refractivity contribution in [2.45, 2.75) is 33.4 Å². The fraction of sp³-hybridized carbons (Fsp3) is 0.0278. The summed E-state index contributed by atoms with van der Waals surface area (Å²) in [6.07, 6.45) is 0. The molecular weight excluding hydrogens is 1020 g/mol. The standard InChI is InChI=1S/C72H48N4O2S2/c1-45-29-33-49(34-30-45)73(47-17-5-3-6-18-47)51-37-39-53-63(41-51)77-71-61(75-57-21-9-13-25-65(57)79-66-26-14-10-22-58(66)75)44-56-55(69(53)71)43-62(76-59-23-11-15-27-67(59)80-68-28-16-12-24-60(68)76)72-70(56)54-40-38-52(42-64(54)78-72)74(48-19-7-4-8-20-48)50-35-31-46(2)32-36-50/h3-44H,1-2H3. The van der Waals surface area contributed by atoms with E-state index in [9.17, 15) is 0 Å². The van der Waals surface area contributed by atoms with Gasteiger partial charge in [0, 0.05) is 87.4 Å². The minimum absolute atomic E-state index is 0.790. The monoisotopic (exact) mass is 1060 g/mol. The summed E-state index contributed by atoms with van der Waals surface area (Å²) in [5, 5.41) is 6.24. The van der Waals surface area contributed by atoms with Crippen molar-refractivity contribution in [3.63, 3.8) is 0 Å². The number of hydrogen-bond donors (Lipinski definition) is 0. The predicted molar refractivity (Wildman–Crippen MR) is 335 cm³/mol. The van der Waals surface area contributed by atoms with Gasteiger partial charge in [-0.2, -0.15) is 0 Å². The Labute approximate surface area is 471 Å². The molecule has 6 nitrogen and oxygen atoms in total.